The van der Waals surface area contributed by atoms with Gasteiger partial charge >= 0.3 is 6.09 Å². The predicted molar refractivity (Wildman–Crippen MR) is 154 cm³/mol. The van der Waals surface area contributed by atoms with Crippen LogP contribution in [0.1, 0.15) is 50.2 Å². The number of carbonyl (C=O) groups is 4. The summed E-state index contributed by atoms with van der Waals surface area (Å²) in [6, 6.07) is 3.39. The zero-order valence-corrected chi connectivity index (χ0v) is 24.5. The Bertz CT molecular complexity index is 1300. The Balaban J connectivity index is 1.22. The molecule has 5 atom stereocenters. The second-order valence-corrected chi connectivity index (χ2v) is 11.9. The summed E-state index contributed by atoms with van der Waals surface area (Å²) in [5.41, 5.74) is 12.5. The quantitative estimate of drug-likeness (QED) is 0.168. The predicted octanol–water partition coefficient (Wildman–Crippen LogP) is 0.0298. The van der Waals surface area contributed by atoms with E-state index in [1.54, 1.807) is 13.1 Å². The van der Waals surface area contributed by atoms with Gasteiger partial charge in [-0.05, 0) is 63.2 Å². The Labute approximate surface area is 245 Å². The van der Waals surface area contributed by atoms with Gasteiger partial charge in [0.1, 0.15) is 6.04 Å². The number of nitrogens with one attached hydrogen (secondary N) is 2. The molecular weight excluding hydrogens is 542 g/mol. The number of likely N-dealkylation sites (tertiary alicyclic amines) is 1. The third-order valence-corrected chi connectivity index (χ3v) is 9.27. The van der Waals surface area contributed by atoms with E-state index in [9.17, 15) is 19.2 Å². The molecule has 1 aromatic carbocycles. The highest BCUT2D eigenvalue weighted by atomic mass is 16.6. The van der Waals surface area contributed by atoms with Crippen molar-refractivity contribution in [3.05, 3.63) is 23.3 Å². The summed E-state index contributed by atoms with van der Waals surface area (Å²) in [5, 5.41) is 5.39. The lowest BCUT2D eigenvalue weighted by atomic mass is 9.52. The standard InChI is InChI=1S/C29H41N7O6/c1-16(37)34-19(5-4-11-33-27(30)31)26(39)32-12-14-36(3)28(40)41-22-9-6-17-15-20-18-7-8-21(38)25-29(18,10-13-35(20)2)23(17)24(22)42-25/h6,9,18-20,25H,4-5,7-8,10-15H2,1-3H3,(H,32,39)(H,34,37)(H4,30,31,33)/t18?,19-,20?,25?,29?/m0/s1. The van der Waals surface area contributed by atoms with E-state index in [0.717, 1.165) is 36.9 Å². The summed E-state index contributed by atoms with van der Waals surface area (Å²) >= 11 is 0. The largest absolute Gasteiger partial charge is 0.477 e. The van der Waals surface area contributed by atoms with Gasteiger partial charge in [-0.3, -0.25) is 19.4 Å². The average Bonchev–Trinajstić information content (AvgIpc) is 3.30. The number of aliphatic imine (C=N–C) groups is 1. The van der Waals surface area contributed by atoms with E-state index in [-0.39, 0.29) is 42.1 Å². The molecule has 13 heteroatoms. The smallest absolute Gasteiger partial charge is 0.415 e. The lowest BCUT2D eigenvalue weighted by Gasteiger charge is -2.57. The number of rotatable bonds is 10. The van der Waals surface area contributed by atoms with Crippen molar-refractivity contribution in [1.82, 2.24) is 20.4 Å². The minimum atomic E-state index is -0.751. The average molecular weight is 584 g/mol. The fraction of sp³-hybridized carbons (Fsp3) is 0.621. The number of guanidine groups is 1. The maximum atomic E-state index is 13.1. The second-order valence-electron chi connectivity index (χ2n) is 11.9. The van der Waals surface area contributed by atoms with Crippen molar-refractivity contribution >= 4 is 29.7 Å². The van der Waals surface area contributed by atoms with Gasteiger partial charge in [0.2, 0.25) is 11.8 Å². The SMILES string of the molecule is CC(=O)N[C@@H](CCCN=C(N)N)C(=O)NCCN(C)C(=O)Oc1ccc2c3c1OC1C(=O)CCC4C(C2)N(C)CCC314. The fourth-order valence-electron chi connectivity index (χ4n) is 7.34. The van der Waals surface area contributed by atoms with Crippen molar-refractivity contribution in [2.75, 3.05) is 40.3 Å². The molecular formula is C29H41N7O6. The van der Waals surface area contributed by atoms with Crippen LogP contribution < -0.4 is 31.6 Å². The molecule has 4 aliphatic rings. The molecule has 4 unspecified atom stereocenters. The zero-order valence-electron chi connectivity index (χ0n) is 24.5. The molecule has 1 saturated carbocycles. The van der Waals surface area contributed by atoms with Crippen LogP contribution in [-0.2, 0) is 26.2 Å². The highest BCUT2D eigenvalue weighted by molar-refractivity contribution is 5.89. The first-order valence-corrected chi connectivity index (χ1v) is 14.6. The molecule has 0 radical (unpaired) electrons. The Kier molecular flexibility index (Phi) is 8.31. The Morgan fingerprint density at radius 2 is 2.10 bits per heavy atom. The van der Waals surface area contributed by atoms with Crippen molar-refractivity contribution in [1.29, 1.82) is 0 Å². The zero-order chi connectivity index (χ0) is 30.2. The van der Waals surface area contributed by atoms with Crippen molar-refractivity contribution < 1.29 is 28.7 Å². The number of carbonyl (C=O) groups excluding carboxylic acids is 4. The molecule has 0 aromatic heterocycles. The molecule has 6 N–H and O–H groups in total. The molecule has 1 spiro atoms. The molecule has 3 amide bonds. The molecule has 2 aliphatic heterocycles. The number of amides is 3. The summed E-state index contributed by atoms with van der Waals surface area (Å²) in [6.07, 6.45) is 2.79. The topological polar surface area (TPSA) is 182 Å². The van der Waals surface area contributed by atoms with Crippen molar-refractivity contribution in [2.24, 2.45) is 22.4 Å². The van der Waals surface area contributed by atoms with Crippen molar-refractivity contribution in [3.63, 3.8) is 0 Å². The van der Waals surface area contributed by atoms with Gasteiger partial charge in [0.05, 0.1) is 0 Å². The number of nitrogens with zero attached hydrogens (tertiary/aromatic N) is 3. The summed E-state index contributed by atoms with van der Waals surface area (Å²) < 4.78 is 12.2. The molecule has 2 bridgehead atoms. The number of hydrogen-bond donors (Lipinski definition) is 4. The molecule has 1 saturated heterocycles. The summed E-state index contributed by atoms with van der Waals surface area (Å²) in [6.45, 7) is 2.89. The number of ether oxygens (including phenoxy) is 2. The van der Waals surface area contributed by atoms with Crippen LogP contribution in [0.5, 0.6) is 11.5 Å². The van der Waals surface area contributed by atoms with Gasteiger partial charge in [0.25, 0.3) is 0 Å². The first-order valence-electron chi connectivity index (χ1n) is 14.6. The van der Waals surface area contributed by atoms with E-state index in [0.29, 0.717) is 49.3 Å². The number of nitrogens with two attached hydrogens (primary N) is 2. The minimum Gasteiger partial charge on any atom is -0.477 e. The van der Waals surface area contributed by atoms with Gasteiger partial charge in [0.15, 0.2) is 29.3 Å². The third-order valence-electron chi connectivity index (χ3n) is 9.27. The van der Waals surface area contributed by atoms with E-state index in [2.05, 4.69) is 27.6 Å². The van der Waals surface area contributed by atoms with E-state index in [4.69, 9.17) is 20.9 Å². The van der Waals surface area contributed by atoms with Crippen LogP contribution in [0.25, 0.3) is 0 Å². The highest BCUT2D eigenvalue weighted by Crippen LogP contribution is 2.63. The Morgan fingerprint density at radius 1 is 1.31 bits per heavy atom. The maximum absolute atomic E-state index is 13.1. The van der Waals surface area contributed by atoms with Crippen LogP contribution in [0.3, 0.4) is 0 Å². The number of piperidine rings is 1. The number of benzene rings is 1. The molecule has 2 aliphatic carbocycles. The Hall–Kier alpha value is -3.87. The number of ketones is 1. The van der Waals surface area contributed by atoms with Crippen LogP contribution in [0.15, 0.2) is 17.1 Å². The molecule has 42 heavy (non-hydrogen) atoms. The molecule has 13 nitrogen and oxygen atoms in total. The number of Topliss-reactive ketones (excluding diaryl/α,β-unsaturated/α-hetero) is 1. The van der Waals surface area contributed by atoms with E-state index in [1.165, 1.54) is 11.8 Å². The van der Waals surface area contributed by atoms with Crippen molar-refractivity contribution in [2.45, 2.75) is 69.1 Å². The molecule has 2 fully saturated rings. The van der Waals surface area contributed by atoms with Gasteiger partial charge in [-0.1, -0.05) is 6.07 Å². The monoisotopic (exact) mass is 583 g/mol. The summed E-state index contributed by atoms with van der Waals surface area (Å²) in [4.78, 5) is 58.1. The summed E-state index contributed by atoms with van der Waals surface area (Å²) in [7, 11) is 3.74. The maximum Gasteiger partial charge on any atom is 0.415 e. The lowest BCUT2D eigenvalue weighted by Crippen LogP contribution is -2.65. The minimum absolute atomic E-state index is 0.0349. The van der Waals surface area contributed by atoms with E-state index >= 15 is 0 Å². The van der Waals surface area contributed by atoms with Gasteiger partial charge in [-0.25, -0.2) is 4.79 Å². The van der Waals surface area contributed by atoms with Crippen LogP contribution in [-0.4, -0.2) is 97.9 Å². The lowest BCUT2D eigenvalue weighted by molar-refractivity contribution is -0.138. The molecule has 1 aromatic rings. The molecule has 228 valence electrons. The van der Waals surface area contributed by atoms with Crippen LogP contribution in [0.2, 0.25) is 0 Å². The fourth-order valence-corrected chi connectivity index (χ4v) is 7.34. The van der Waals surface area contributed by atoms with E-state index in [1.807, 2.05) is 6.07 Å². The van der Waals surface area contributed by atoms with Crippen LogP contribution >= 0.6 is 0 Å². The van der Waals surface area contributed by atoms with Gasteiger partial charge in [-0.15, -0.1) is 0 Å². The Morgan fingerprint density at radius 3 is 2.83 bits per heavy atom. The van der Waals surface area contributed by atoms with Crippen molar-refractivity contribution in [3.8, 4) is 11.5 Å². The van der Waals surface area contributed by atoms with Gasteiger partial charge < -0.3 is 41.4 Å². The first-order chi connectivity index (χ1) is 20.0. The van der Waals surface area contributed by atoms with Gasteiger partial charge in [0, 0.05) is 57.0 Å². The normalized spacial score (nSPS) is 25.9. The summed E-state index contributed by atoms with van der Waals surface area (Å²) in [5.74, 6) is 0.554. The van der Waals surface area contributed by atoms with Crippen LogP contribution in [0, 0.1) is 5.92 Å². The number of hydrogen-bond acceptors (Lipinski definition) is 8. The number of likely N-dealkylation sites (N-methyl/N-ethyl adjacent to an activating group) is 2. The highest BCUT2D eigenvalue weighted by Gasteiger charge is 2.65. The molecule has 5 rings (SSSR count). The third kappa shape index (κ3) is 5.37. The second kappa shape index (κ2) is 11.8. The molecule has 2 heterocycles. The van der Waals surface area contributed by atoms with Gasteiger partial charge in [-0.2, -0.15) is 0 Å². The first kappa shape index (κ1) is 29.6. The van der Waals surface area contributed by atoms with E-state index < -0.39 is 18.2 Å². The van der Waals surface area contributed by atoms with Crippen LogP contribution in [0.4, 0.5) is 4.79 Å².